The van der Waals surface area contributed by atoms with Crippen molar-refractivity contribution >= 4 is 21.8 Å². The van der Waals surface area contributed by atoms with Gasteiger partial charge in [-0.05, 0) is 24.6 Å². The van der Waals surface area contributed by atoms with E-state index in [2.05, 4.69) is 15.9 Å². The van der Waals surface area contributed by atoms with E-state index in [0.717, 1.165) is 15.6 Å². The quantitative estimate of drug-likeness (QED) is 0.791. The van der Waals surface area contributed by atoms with Crippen LogP contribution in [-0.2, 0) is 4.74 Å². The van der Waals surface area contributed by atoms with Crippen LogP contribution in [0.25, 0.3) is 0 Å². The number of halogens is 1. The van der Waals surface area contributed by atoms with Crippen LogP contribution < -0.4 is 0 Å². The van der Waals surface area contributed by atoms with Crippen molar-refractivity contribution in [2.45, 2.75) is 6.92 Å². The second-order valence-electron chi connectivity index (χ2n) is 3.87. The van der Waals surface area contributed by atoms with E-state index in [-0.39, 0.29) is 5.91 Å². The highest BCUT2D eigenvalue weighted by molar-refractivity contribution is 9.10. The molecule has 86 valence electrons. The van der Waals surface area contributed by atoms with Gasteiger partial charge >= 0.3 is 0 Å². The fourth-order valence-electron chi connectivity index (χ4n) is 1.67. The molecule has 0 atom stereocenters. The van der Waals surface area contributed by atoms with Gasteiger partial charge in [0.1, 0.15) is 0 Å². The molecule has 1 heterocycles. The van der Waals surface area contributed by atoms with E-state index in [0.29, 0.717) is 26.3 Å². The van der Waals surface area contributed by atoms with Crippen LogP contribution in [0, 0.1) is 6.92 Å². The molecule has 0 aliphatic carbocycles. The smallest absolute Gasteiger partial charge is 0.254 e. The maximum absolute atomic E-state index is 12.1. The highest BCUT2D eigenvalue weighted by Crippen LogP contribution is 2.18. The summed E-state index contributed by atoms with van der Waals surface area (Å²) in [6, 6.07) is 5.71. The Morgan fingerprint density at radius 3 is 2.69 bits per heavy atom. The largest absolute Gasteiger partial charge is 0.378 e. The first-order valence-electron chi connectivity index (χ1n) is 5.31. The van der Waals surface area contributed by atoms with Gasteiger partial charge in [-0.1, -0.05) is 22.0 Å². The summed E-state index contributed by atoms with van der Waals surface area (Å²) < 4.78 is 6.20. The van der Waals surface area contributed by atoms with Gasteiger partial charge in [-0.3, -0.25) is 4.79 Å². The Hall–Kier alpha value is -0.870. The molecule has 16 heavy (non-hydrogen) atoms. The van der Waals surface area contributed by atoms with Gasteiger partial charge in [-0.2, -0.15) is 0 Å². The predicted molar refractivity (Wildman–Crippen MR) is 65.6 cm³/mol. The molecule has 0 spiro atoms. The number of morpholine rings is 1. The van der Waals surface area contributed by atoms with Crippen molar-refractivity contribution in [3.8, 4) is 0 Å². The van der Waals surface area contributed by atoms with Gasteiger partial charge in [0.2, 0.25) is 0 Å². The fraction of sp³-hybridized carbons (Fsp3) is 0.417. The average molecular weight is 284 g/mol. The van der Waals surface area contributed by atoms with Gasteiger partial charge in [-0.25, -0.2) is 0 Å². The van der Waals surface area contributed by atoms with Crippen molar-refractivity contribution in [1.82, 2.24) is 4.90 Å². The lowest BCUT2D eigenvalue weighted by atomic mass is 10.1. The SMILES string of the molecule is Cc1ccc(C(=O)N2CCOCC2)cc1Br. The summed E-state index contributed by atoms with van der Waals surface area (Å²) in [5.74, 6) is 0.0870. The molecule has 1 aromatic carbocycles. The Labute approximate surface area is 104 Å². The minimum absolute atomic E-state index is 0.0870. The number of rotatable bonds is 1. The van der Waals surface area contributed by atoms with Crippen molar-refractivity contribution in [3.05, 3.63) is 33.8 Å². The van der Waals surface area contributed by atoms with Crippen LogP contribution in [0.4, 0.5) is 0 Å². The second-order valence-corrected chi connectivity index (χ2v) is 4.72. The van der Waals surface area contributed by atoms with Gasteiger partial charge < -0.3 is 9.64 Å². The van der Waals surface area contributed by atoms with Crippen LogP contribution in [0.2, 0.25) is 0 Å². The van der Waals surface area contributed by atoms with Crippen LogP contribution in [0.15, 0.2) is 22.7 Å². The minimum atomic E-state index is 0.0870. The molecule has 1 aliphatic rings. The summed E-state index contributed by atoms with van der Waals surface area (Å²) in [6.07, 6.45) is 0. The summed E-state index contributed by atoms with van der Waals surface area (Å²) in [5.41, 5.74) is 1.87. The number of carbonyl (C=O) groups excluding carboxylic acids is 1. The number of hydrogen-bond donors (Lipinski definition) is 0. The molecular formula is C12H14BrNO2. The normalized spacial score (nSPS) is 16.2. The van der Waals surface area contributed by atoms with E-state index >= 15 is 0 Å². The maximum Gasteiger partial charge on any atom is 0.254 e. The summed E-state index contributed by atoms with van der Waals surface area (Å²) in [7, 11) is 0. The molecule has 3 nitrogen and oxygen atoms in total. The first-order valence-corrected chi connectivity index (χ1v) is 6.11. The van der Waals surface area contributed by atoms with Crippen molar-refractivity contribution in [2.75, 3.05) is 26.3 Å². The molecule has 0 radical (unpaired) electrons. The first-order chi connectivity index (χ1) is 7.68. The number of hydrogen-bond acceptors (Lipinski definition) is 2. The lowest BCUT2D eigenvalue weighted by Gasteiger charge is -2.27. The van der Waals surface area contributed by atoms with E-state index in [1.165, 1.54) is 0 Å². The van der Waals surface area contributed by atoms with E-state index < -0.39 is 0 Å². The van der Waals surface area contributed by atoms with Crippen molar-refractivity contribution in [2.24, 2.45) is 0 Å². The van der Waals surface area contributed by atoms with E-state index in [9.17, 15) is 4.79 Å². The van der Waals surface area contributed by atoms with E-state index in [4.69, 9.17) is 4.74 Å². The van der Waals surface area contributed by atoms with Crippen molar-refractivity contribution in [3.63, 3.8) is 0 Å². The van der Waals surface area contributed by atoms with Gasteiger partial charge in [0.15, 0.2) is 0 Å². The van der Waals surface area contributed by atoms with Crippen molar-refractivity contribution < 1.29 is 9.53 Å². The molecule has 1 aromatic rings. The number of ether oxygens (including phenoxy) is 1. The first kappa shape index (κ1) is 11.6. The Kier molecular flexibility index (Phi) is 3.61. The van der Waals surface area contributed by atoms with Gasteiger partial charge in [0, 0.05) is 23.1 Å². The zero-order valence-electron chi connectivity index (χ0n) is 9.20. The van der Waals surface area contributed by atoms with Crippen LogP contribution >= 0.6 is 15.9 Å². The number of carbonyl (C=O) groups is 1. The minimum Gasteiger partial charge on any atom is -0.378 e. The average Bonchev–Trinajstić information content (AvgIpc) is 2.33. The zero-order chi connectivity index (χ0) is 11.5. The number of benzene rings is 1. The third-order valence-corrected chi connectivity index (χ3v) is 3.57. The van der Waals surface area contributed by atoms with E-state index in [1.807, 2.05) is 30.0 Å². The molecular weight excluding hydrogens is 270 g/mol. The predicted octanol–water partition coefficient (Wildman–Crippen LogP) is 2.23. The summed E-state index contributed by atoms with van der Waals surface area (Å²) >= 11 is 3.44. The second kappa shape index (κ2) is 4.97. The topological polar surface area (TPSA) is 29.5 Å². The van der Waals surface area contributed by atoms with Gasteiger partial charge in [-0.15, -0.1) is 0 Å². The Morgan fingerprint density at radius 2 is 2.06 bits per heavy atom. The standard InChI is InChI=1S/C12H14BrNO2/c1-9-2-3-10(8-11(9)13)12(15)14-4-6-16-7-5-14/h2-3,8H,4-7H2,1H3. The van der Waals surface area contributed by atoms with Crippen LogP contribution in [0.3, 0.4) is 0 Å². The molecule has 1 saturated heterocycles. The lowest BCUT2D eigenvalue weighted by Crippen LogP contribution is -2.40. The third kappa shape index (κ3) is 2.44. The number of aryl methyl sites for hydroxylation is 1. The Morgan fingerprint density at radius 1 is 1.38 bits per heavy atom. The van der Waals surface area contributed by atoms with Crippen molar-refractivity contribution in [1.29, 1.82) is 0 Å². The molecule has 0 aromatic heterocycles. The molecule has 4 heteroatoms. The highest BCUT2D eigenvalue weighted by atomic mass is 79.9. The van der Waals surface area contributed by atoms with Gasteiger partial charge in [0.05, 0.1) is 13.2 Å². The monoisotopic (exact) mass is 283 g/mol. The molecule has 1 fully saturated rings. The number of nitrogens with zero attached hydrogens (tertiary/aromatic N) is 1. The van der Waals surface area contributed by atoms with Gasteiger partial charge in [0.25, 0.3) is 5.91 Å². The van der Waals surface area contributed by atoms with E-state index in [1.54, 1.807) is 0 Å². The zero-order valence-corrected chi connectivity index (χ0v) is 10.8. The Balaban J connectivity index is 2.16. The molecule has 1 amide bonds. The van der Waals surface area contributed by atoms with Crippen LogP contribution in [0.5, 0.6) is 0 Å². The molecule has 0 saturated carbocycles. The lowest BCUT2D eigenvalue weighted by molar-refractivity contribution is 0.0303. The molecule has 0 N–H and O–H groups in total. The summed E-state index contributed by atoms with van der Waals surface area (Å²) in [6.45, 7) is 4.65. The van der Waals surface area contributed by atoms with Crippen LogP contribution in [-0.4, -0.2) is 37.1 Å². The molecule has 0 bridgehead atoms. The summed E-state index contributed by atoms with van der Waals surface area (Å²) in [5, 5.41) is 0. The molecule has 2 rings (SSSR count). The Bertz CT molecular complexity index is 400. The van der Waals surface area contributed by atoms with Crippen LogP contribution in [0.1, 0.15) is 15.9 Å². The fourth-order valence-corrected chi connectivity index (χ4v) is 2.05. The number of amides is 1. The maximum atomic E-state index is 12.1. The molecule has 0 unspecified atom stereocenters. The highest BCUT2D eigenvalue weighted by Gasteiger charge is 2.18. The molecule has 1 aliphatic heterocycles. The summed E-state index contributed by atoms with van der Waals surface area (Å²) in [4.78, 5) is 13.9. The third-order valence-electron chi connectivity index (χ3n) is 2.72.